The van der Waals surface area contributed by atoms with Gasteiger partial charge in [-0.15, -0.1) is 0 Å². The summed E-state index contributed by atoms with van der Waals surface area (Å²) in [5.41, 5.74) is -0.633. The van der Waals surface area contributed by atoms with Crippen LogP contribution in [0.3, 0.4) is 0 Å². The second-order valence-electron chi connectivity index (χ2n) is 2.53. The molecule has 1 aromatic rings. The van der Waals surface area contributed by atoms with Gasteiger partial charge in [-0.1, -0.05) is 0 Å². The lowest BCUT2D eigenvalue weighted by Crippen LogP contribution is -2.09. The van der Waals surface area contributed by atoms with Crippen LogP contribution in [0.15, 0.2) is 12.1 Å². The molecule has 0 unspecified atom stereocenters. The first-order valence-electron chi connectivity index (χ1n) is 3.86. The number of rotatable bonds is 2. The molecule has 0 aromatic heterocycles. The summed E-state index contributed by atoms with van der Waals surface area (Å²) < 4.78 is 30.7. The first-order chi connectivity index (χ1) is 6.61. The average Bonchev–Trinajstić information content (AvgIpc) is 2.18. The third-order valence-corrected chi connectivity index (χ3v) is 1.75. The van der Waals surface area contributed by atoms with Crippen LogP contribution in [0.25, 0.3) is 0 Å². The second-order valence-corrected chi connectivity index (χ2v) is 2.53. The maximum absolute atomic E-state index is 13.4. The van der Waals surface area contributed by atoms with Crippen molar-refractivity contribution < 1.29 is 18.3 Å². The predicted octanol–water partition coefficient (Wildman–Crippen LogP) is 1.79. The quantitative estimate of drug-likeness (QED) is 0.741. The van der Waals surface area contributed by atoms with Crippen LogP contribution in [-0.2, 0) is 4.74 Å². The molecule has 5 heteroatoms. The minimum atomic E-state index is -1.03. The van der Waals surface area contributed by atoms with E-state index in [9.17, 15) is 13.6 Å². The smallest absolute Gasteiger partial charge is 0.343 e. The monoisotopic (exact) mass is 201 g/mol. The molecule has 0 heterocycles. The topological polar surface area (TPSA) is 38.3 Å². The molecule has 14 heavy (non-hydrogen) atoms. The number of halogens is 2. The number of carbonyl (C=O) groups is 1. The predicted molar refractivity (Wildman–Crippen MR) is 47.2 cm³/mol. The summed E-state index contributed by atoms with van der Waals surface area (Å²) in [5.74, 6) is -2.91. The van der Waals surface area contributed by atoms with E-state index in [1.807, 2.05) is 0 Å². The van der Waals surface area contributed by atoms with E-state index in [2.05, 4.69) is 10.1 Å². The second kappa shape index (κ2) is 4.04. The fourth-order valence-corrected chi connectivity index (χ4v) is 1.03. The van der Waals surface area contributed by atoms with Crippen molar-refractivity contribution >= 4 is 11.7 Å². The zero-order chi connectivity index (χ0) is 10.7. The number of hydrogen-bond acceptors (Lipinski definition) is 3. The van der Waals surface area contributed by atoms with Gasteiger partial charge in [0.1, 0.15) is 11.4 Å². The lowest BCUT2D eigenvalue weighted by Gasteiger charge is -2.06. The van der Waals surface area contributed by atoms with Crippen molar-refractivity contribution in [1.82, 2.24) is 0 Å². The van der Waals surface area contributed by atoms with Crippen LogP contribution in [0, 0.1) is 11.6 Å². The van der Waals surface area contributed by atoms with Crippen molar-refractivity contribution in [2.24, 2.45) is 0 Å². The van der Waals surface area contributed by atoms with Gasteiger partial charge in [-0.25, -0.2) is 13.6 Å². The molecule has 0 aliphatic heterocycles. The van der Waals surface area contributed by atoms with E-state index < -0.39 is 23.2 Å². The summed E-state index contributed by atoms with van der Waals surface area (Å²) in [4.78, 5) is 11.0. The maximum atomic E-state index is 13.4. The maximum Gasteiger partial charge on any atom is 0.343 e. The molecule has 1 rings (SSSR count). The molecule has 0 spiro atoms. The lowest BCUT2D eigenvalue weighted by molar-refractivity contribution is 0.0590. The summed E-state index contributed by atoms with van der Waals surface area (Å²) in [5, 5.41) is 2.49. The molecule has 0 aliphatic rings. The van der Waals surface area contributed by atoms with Crippen molar-refractivity contribution in [2.75, 3.05) is 19.5 Å². The minimum Gasteiger partial charge on any atom is -0.465 e. The number of anilines is 1. The molecule has 0 bridgehead atoms. The molecule has 76 valence electrons. The Bertz CT molecular complexity index is 366. The van der Waals surface area contributed by atoms with Gasteiger partial charge in [-0.3, -0.25) is 0 Å². The molecular formula is C9H9F2NO2. The Morgan fingerprint density at radius 1 is 1.43 bits per heavy atom. The molecule has 0 amide bonds. The van der Waals surface area contributed by atoms with Gasteiger partial charge in [0.05, 0.1) is 12.8 Å². The molecule has 1 N–H and O–H groups in total. The zero-order valence-corrected chi connectivity index (χ0v) is 7.73. The minimum absolute atomic E-state index is 0.0480. The number of benzene rings is 1. The van der Waals surface area contributed by atoms with Crippen molar-refractivity contribution in [1.29, 1.82) is 0 Å². The van der Waals surface area contributed by atoms with E-state index >= 15 is 0 Å². The third kappa shape index (κ3) is 1.66. The van der Waals surface area contributed by atoms with Crippen LogP contribution in [-0.4, -0.2) is 20.1 Å². The highest BCUT2D eigenvalue weighted by Gasteiger charge is 2.20. The average molecular weight is 201 g/mol. The SMILES string of the molecule is CNc1ccc(F)c(C(=O)OC)c1F. The van der Waals surface area contributed by atoms with Gasteiger partial charge in [0.2, 0.25) is 0 Å². The van der Waals surface area contributed by atoms with Gasteiger partial charge in [-0.05, 0) is 12.1 Å². The molecule has 3 nitrogen and oxygen atoms in total. The molecule has 1 aromatic carbocycles. The molecular weight excluding hydrogens is 192 g/mol. The summed E-state index contributed by atoms with van der Waals surface area (Å²) in [6.07, 6.45) is 0. The van der Waals surface area contributed by atoms with E-state index in [0.717, 1.165) is 13.2 Å². The molecule has 0 atom stereocenters. The largest absolute Gasteiger partial charge is 0.465 e. The number of methoxy groups -OCH3 is 1. The summed E-state index contributed by atoms with van der Waals surface area (Å²) in [6, 6.07) is 2.21. The van der Waals surface area contributed by atoms with Crippen LogP contribution < -0.4 is 5.32 Å². The van der Waals surface area contributed by atoms with Crippen molar-refractivity contribution in [3.05, 3.63) is 29.3 Å². The molecule has 0 saturated heterocycles. The van der Waals surface area contributed by atoms with Gasteiger partial charge in [0.25, 0.3) is 0 Å². The lowest BCUT2D eigenvalue weighted by atomic mass is 10.1. The van der Waals surface area contributed by atoms with E-state index in [1.165, 1.54) is 13.1 Å². The number of nitrogens with one attached hydrogen (secondary N) is 1. The van der Waals surface area contributed by atoms with Gasteiger partial charge < -0.3 is 10.1 Å². The van der Waals surface area contributed by atoms with E-state index in [0.29, 0.717) is 0 Å². The standard InChI is InChI=1S/C9H9F2NO2/c1-12-6-4-3-5(10)7(8(6)11)9(13)14-2/h3-4,12H,1-2H3. The first-order valence-corrected chi connectivity index (χ1v) is 3.86. The first kappa shape index (κ1) is 10.4. The Labute approximate surface area is 79.7 Å². The summed E-state index contributed by atoms with van der Waals surface area (Å²) in [7, 11) is 2.53. The zero-order valence-electron chi connectivity index (χ0n) is 7.73. The van der Waals surface area contributed by atoms with Gasteiger partial charge in [-0.2, -0.15) is 0 Å². The molecule has 0 fully saturated rings. The van der Waals surface area contributed by atoms with Gasteiger partial charge >= 0.3 is 5.97 Å². The summed E-state index contributed by atoms with van der Waals surface area (Å²) >= 11 is 0. The normalized spacial score (nSPS) is 9.71. The van der Waals surface area contributed by atoms with Crippen LogP contribution in [0.2, 0.25) is 0 Å². The highest BCUT2D eigenvalue weighted by Crippen LogP contribution is 2.21. The van der Waals surface area contributed by atoms with Crippen LogP contribution >= 0.6 is 0 Å². The van der Waals surface area contributed by atoms with Crippen molar-refractivity contribution in [2.45, 2.75) is 0 Å². The van der Waals surface area contributed by atoms with E-state index in [-0.39, 0.29) is 5.69 Å². The Hall–Kier alpha value is -1.65. The van der Waals surface area contributed by atoms with Crippen LogP contribution in [0.5, 0.6) is 0 Å². The Morgan fingerprint density at radius 2 is 2.07 bits per heavy atom. The Balaban J connectivity index is 3.32. The molecule has 0 radical (unpaired) electrons. The molecule has 0 aliphatic carbocycles. The van der Waals surface area contributed by atoms with E-state index in [1.54, 1.807) is 0 Å². The van der Waals surface area contributed by atoms with Crippen molar-refractivity contribution in [3.63, 3.8) is 0 Å². The third-order valence-electron chi connectivity index (χ3n) is 1.75. The van der Waals surface area contributed by atoms with Gasteiger partial charge in [0, 0.05) is 7.05 Å². The fraction of sp³-hybridized carbons (Fsp3) is 0.222. The van der Waals surface area contributed by atoms with E-state index in [4.69, 9.17) is 0 Å². The van der Waals surface area contributed by atoms with Crippen molar-refractivity contribution in [3.8, 4) is 0 Å². The van der Waals surface area contributed by atoms with Gasteiger partial charge in [0.15, 0.2) is 5.82 Å². The van der Waals surface area contributed by atoms with Crippen LogP contribution in [0.1, 0.15) is 10.4 Å². The highest BCUT2D eigenvalue weighted by molar-refractivity contribution is 5.91. The summed E-state index contributed by atoms with van der Waals surface area (Å²) in [6.45, 7) is 0. The number of esters is 1. The molecule has 0 saturated carbocycles. The Morgan fingerprint density at radius 3 is 2.57 bits per heavy atom. The number of hydrogen-bond donors (Lipinski definition) is 1. The number of carbonyl (C=O) groups excluding carboxylic acids is 1. The Kier molecular flexibility index (Phi) is 3.01. The fourth-order valence-electron chi connectivity index (χ4n) is 1.03. The number of ether oxygens (including phenoxy) is 1. The van der Waals surface area contributed by atoms with Crippen LogP contribution in [0.4, 0.5) is 14.5 Å². The highest BCUT2D eigenvalue weighted by atomic mass is 19.1.